The van der Waals surface area contributed by atoms with E-state index in [4.69, 9.17) is 4.74 Å². The van der Waals surface area contributed by atoms with Gasteiger partial charge in [0, 0.05) is 19.4 Å². The fourth-order valence-electron chi connectivity index (χ4n) is 1.94. The molecule has 1 heterocycles. The lowest BCUT2D eigenvalue weighted by molar-refractivity contribution is -0.121. The third-order valence-corrected chi connectivity index (χ3v) is 3.78. The van der Waals surface area contributed by atoms with Gasteiger partial charge in [-0.15, -0.1) is 0 Å². The number of ketones is 1. The van der Waals surface area contributed by atoms with Gasteiger partial charge in [-0.3, -0.25) is 4.79 Å². The van der Waals surface area contributed by atoms with Crippen LogP contribution in [0, 0.1) is 11.3 Å². The Balaban J connectivity index is 2.20. The molecule has 2 nitrogen and oxygen atoms in total. The van der Waals surface area contributed by atoms with Crippen molar-refractivity contribution in [2.24, 2.45) is 11.3 Å². The summed E-state index contributed by atoms with van der Waals surface area (Å²) in [6.07, 6.45) is 5.00. The first-order chi connectivity index (χ1) is 7.39. The lowest BCUT2D eigenvalue weighted by Crippen LogP contribution is -2.21. The number of Topliss-reactive ketones (excluding diaryl/α,β-unsaturated/α-hetero) is 1. The van der Waals surface area contributed by atoms with Crippen molar-refractivity contribution in [3.8, 4) is 0 Å². The smallest absolute Gasteiger partial charge is 0.133 e. The molecule has 0 aliphatic carbocycles. The van der Waals surface area contributed by atoms with Crippen molar-refractivity contribution in [2.45, 2.75) is 65.9 Å². The molecule has 1 rings (SSSR count). The van der Waals surface area contributed by atoms with Gasteiger partial charge < -0.3 is 4.74 Å². The van der Waals surface area contributed by atoms with Crippen molar-refractivity contribution in [1.82, 2.24) is 0 Å². The Bertz CT molecular complexity index is 221. The Morgan fingerprint density at radius 3 is 2.62 bits per heavy atom. The second kappa shape index (κ2) is 5.81. The Morgan fingerprint density at radius 2 is 2.12 bits per heavy atom. The van der Waals surface area contributed by atoms with Crippen LogP contribution >= 0.6 is 0 Å². The maximum atomic E-state index is 11.8. The zero-order valence-corrected chi connectivity index (χ0v) is 11.2. The molecule has 0 bridgehead atoms. The fraction of sp³-hybridized carbons (Fsp3) is 0.929. The predicted octanol–water partition coefficient (Wildman–Crippen LogP) is 3.59. The van der Waals surface area contributed by atoms with Crippen LogP contribution in [-0.4, -0.2) is 18.5 Å². The van der Waals surface area contributed by atoms with Crippen LogP contribution in [0.2, 0.25) is 0 Å². The van der Waals surface area contributed by atoms with Gasteiger partial charge in [-0.05, 0) is 30.6 Å². The first-order valence-corrected chi connectivity index (χ1v) is 6.53. The summed E-state index contributed by atoms with van der Waals surface area (Å²) in [4.78, 5) is 11.8. The van der Waals surface area contributed by atoms with E-state index in [1.807, 2.05) is 0 Å². The molecular formula is C14H26O2. The maximum absolute atomic E-state index is 11.8. The van der Waals surface area contributed by atoms with Crippen molar-refractivity contribution in [3.05, 3.63) is 0 Å². The van der Waals surface area contributed by atoms with Gasteiger partial charge in [0.05, 0.1) is 6.10 Å². The van der Waals surface area contributed by atoms with Crippen LogP contribution in [0.3, 0.4) is 0 Å². The standard InChI is InChI=1S/C14H26O2/c1-11(14(2,3)4)10-12(15)7-8-13-6-5-9-16-13/h11,13H,5-10H2,1-4H3. The number of carbonyl (C=O) groups excluding carboxylic acids is 1. The molecule has 0 aromatic carbocycles. The third kappa shape index (κ3) is 4.65. The molecule has 0 aromatic heterocycles. The SMILES string of the molecule is CC(CC(=O)CCC1CCCO1)C(C)(C)C. The lowest BCUT2D eigenvalue weighted by atomic mass is 9.79. The highest BCUT2D eigenvalue weighted by Crippen LogP contribution is 2.29. The van der Waals surface area contributed by atoms with Gasteiger partial charge in [0.15, 0.2) is 0 Å². The molecule has 0 amide bonds. The molecule has 1 fully saturated rings. The Kier molecular flexibility index (Phi) is 4.97. The van der Waals surface area contributed by atoms with Crippen LogP contribution in [-0.2, 0) is 9.53 Å². The van der Waals surface area contributed by atoms with Crippen molar-refractivity contribution >= 4 is 5.78 Å². The van der Waals surface area contributed by atoms with Crippen LogP contribution in [0.5, 0.6) is 0 Å². The molecule has 0 saturated carbocycles. The van der Waals surface area contributed by atoms with E-state index in [0.29, 0.717) is 24.2 Å². The lowest BCUT2D eigenvalue weighted by Gasteiger charge is -2.26. The van der Waals surface area contributed by atoms with E-state index in [0.717, 1.165) is 32.3 Å². The number of hydrogen-bond donors (Lipinski definition) is 0. The zero-order valence-electron chi connectivity index (χ0n) is 11.2. The second-order valence-electron chi connectivity index (χ2n) is 6.18. The molecule has 1 aliphatic rings. The summed E-state index contributed by atoms with van der Waals surface area (Å²) in [7, 11) is 0. The van der Waals surface area contributed by atoms with E-state index in [1.165, 1.54) is 0 Å². The van der Waals surface area contributed by atoms with Gasteiger partial charge in [0.2, 0.25) is 0 Å². The van der Waals surface area contributed by atoms with E-state index in [2.05, 4.69) is 27.7 Å². The average molecular weight is 226 g/mol. The van der Waals surface area contributed by atoms with Gasteiger partial charge in [-0.1, -0.05) is 27.7 Å². The van der Waals surface area contributed by atoms with Crippen LogP contribution < -0.4 is 0 Å². The molecule has 2 unspecified atom stereocenters. The highest BCUT2D eigenvalue weighted by molar-refractivity contribution is 5.78. The minimum atomic E-state index is 0.236. The molecule has 1 saturated heterocycles. The summed E-state index contributed by atoms with van der Waals surface area (Å²) in [6, 6.07) is 0. The summed E-state index contributed by atoms with van der Waals surface area (Å²) >= 11 is 0. The summed E-state index contributed by atoms with van der Waals surface area (Å²) in [5.74, 6) is 0.863. The summed E-state index contributed by atoms with van der Waals surface area (Å²) in [5.41, 5.74) is 0.236. The minimum absolute atomic E-state index is 0.236. The van der Waals surface area contributed by atoms with Gasteiger partial charge in [-0.25, -0.2) is 0 Å². The maximum Gasteiger partial charge on any atom is 0.133 e. The largest absolute Gasteiger partial charge is 0.378 e. The topological polar surface area (TPSA) is 26.3 Å². The highest BCUT2D eigenvalue weighted by Gasteiger charge is 2.23. The molecular weight excluding hydrogens is 200 g/mol. The molecule has 0 aromatic rings. The average Bonchev–Trinajstić information content (AvgIpc) is 2.65. The zero-order chi connectivity index (χ0) is 12.2. The van der Waals surface area contributed by atoms with Crippen molar-refractivity contribution in [3.63, 3.8) is 0 Å². The quantitative estimate of drug-likeness (QED) is 0.716. The van der Waals surface area contributed by atoms with Gasteiger partial charge in [0.1, 0.15) is 5.78 Å². The number of hydrogen-bond acceptors (Lipinski definition) is 2. The van der Waals surface area contributed by atoms with Crippen molar-refractivity contribution < 1.29 is 9.53 Å². The molecule has 2 atom stereocenters. The first kappa shape index (κ1) is 13.7. The van der Waals surface area contributed by atoms with E-state index in [1.54, 1.807) is 0 Å². The second-order valence-corrected chi connectivity index (χ2v) is 6.18. The normalized spacial score (nSPS) is 23.4. The third-order valence-electron chi connectivity index (χ3n) is 3.78. The first-order valence-electron chi connectivity index (χ1n) is 6.53. The number of rotatable bonds is 5. The highest BCUT2D eigenvalue weighted by atomic mass is 16.5. The summed E-state index contributed by atoms with van der Waals surface area (Å²) in [6.45, 7) is 9.66. The van der Waals surface area contributed by atoms with E-state index < -0.39 is 0 Å². The van der Waals surface area contributed by atoms with Gasteiger partial charge in [-0.2, -0.15) is 0 Å². The van der Waals surface area contributed by atoms with E-state index in [9.17, 15) is 4.79 Å². The molecule has 2 heteroatoms. The van der Waals surface area contributed by atoms with Crippen LogP contribution in [0.15, 0.2) is 0 Å². The Hall–Kier alpha value is -0.370. The van der Waals surface area contributed by atoms with Crippen molar-refractivity contribution in [2.75, 3.05) is 6.61 Å². The molecule has 94 valence electrons. The van der Waals surface area contributed by atoms with Gasteiger partial charge in [0.25, 0.3) is 0 Å². The van der Waals surface area contributed by atoms with Crippen LogP contribution in [0.25, 0.3) is 0 Å². The summed E-state index contributed by atoms with van der Waals surface area (Å²) < 4.78 is 5.52. The molecule has 16 heavy (non-hydrogen) atoms. The van der Waals surface area contributed by atoms with E-state index >= 15 is 0 Å². The fourth-order valence-corrected chi connectivity index (χ4v) is 1.94. The Labute approximate surface area is 99.8 Å². The van der Waals surface area contributed by atoms with Crippen LogP contribution in [0.1, 0.15) is 59.8 Å². The molecule has 0 radical (unpaired) electrons. The molecule has 0 spiro atoms. The number of ether oxygens (including phenoxy) is 1. The summed E-state index contributed by atoms with van der Waals surface area (Å²) in [5, 5.41) is 0. The Morgan fingerprint density at radius 1 is 1.44 bits per heavy atom. The molecule has 1 aliphatic heterocycles. The molecule has 0 N–H and O–H groups in total. The van der Waals surface area contributed by atoms with Gasteiger partial charge >= 0.3 is 0 Å². The van der Waals surface area contributed by atoms with Crippen LogP contribution in [0.4, 0.5) is 0 Å². The van der Waals surface area contributed by atoms with E-state index in [-0.39, 0.29) is 5.41 Å². The monoisotopic (exact) mass is 226 g/mol. The number of carbonyl (C=O) groups is 1. The predicted molar refractivity (Wildman–Crippen MR) is 66.5 cm³/mol. The van der Waals surface area contributed by atoms with Crippen molar-refractivity contribution in [1.29, 1.82) is 0 Å². The minimum Gasteiger partial charge on any atom is -0.378 e.